The molecule has 0 aliphatic heterocycles. The van der Waals surface area contributed by atoms with Gasteiger partial charge < -0.3 is 5.32 Å². The molecule has 4 aromatic heterocycles. The molecule has 4 aromatic rings. The summed E-state index contributed by atoms with van der Waals surface area (Å²) in [5, 5.41) is 8.98. The van der Waals surface area contributed by atoms with E-state index in [0.29, 0.717) is 6.54 Å². The minimum Gasteiger partial charge on any atom is -0.350 e. The van der Waals surface area contributed by atoms with Gasteiger partial charge >= 0.3 is 0 Å². The Bertz CT molecular complexity index is 1050. The van der Waals surface area contributed by atoms with Gasteiger partial charge in [0.05, 0.1) is 5.39 Å². The molecule has 0 unspecified atom stereocenters. The molecule has 0 saturated carbocycles. The first-order chi connectivity index (χ1) is 12.3. The van der Waals surface area contributed by atoms with E-state index in [0.717, 1.165) is 40.7 Å². The van der Waals surface area contributed by atoms with Gasteiger partial charge in [0.1, 0.15) is 11.2 Å². The second-order valence-corrected chi connectivity index (χ2v) is 7.76. The van der Waals surface area contributed by atoms with Crippen LogP contribution < -0.4 is 5.32 Å². The van der Waals surface area contributed by atoms with Gasteiger partial charge in [0, 0.05) is 23.8 Å². The molecule has 0 aromatic carbocycles. The van der Waals surface area contributed by atoms with E-state index < -0.39 is 0 Å². The van der Waals surface area contributed by atoms with Gasteiger partial charge in [0.2, 0.25) is 5.95 Å². The molecule has 0 fully saturated rings. The second kappa shape index (κ2) is 5.77. The number of fused-ring (bicyclic) bond motifs is 5. The Morgan fingerprint density at radius 2 is 2.36 bits per heavy atom. The quantitative estimate of drug-likeness (QED) is 0.613. The van der Waals surface area contributed by atoms with E-state index in [4.69, 9.17) is 4.98 Å². The summed E-state index contributed by atoms with van der Waals surface area (Å²) < 4.78 is 1.82. The zero-order chi connectivity index (χ0) is 16.8. The number of hydrogen-bond donors (Lipinski definition) is 1. The summed E-state index contributed by atoms with van der Waals surface area (Å²) in [6, 6.07) is 3.98. The summed E-state index contributed by atoms with van der Waals surface area (Å²) in [4.78, 5) is 16.1. The lowest BCUT2D eigenvalue weighted by Gasteiger charge is -2.17. The zero-order valence-corrected chi connectivity index (χ0v) is 14.8. The van der Waals surface area contributed by atoms with Crippen LogP contribution in [0.15, 0.2) is 30.9 Å². The average molecular weight is 350 g/mol. The van der Waals surface area contributed by atoms with Crippen LogP contribution in [0.5, 0.6) is 0 Å². The lowest BCUT2D eigenvalue weighted by molar-refractivity contribution is 0.508. The number of aryl methyl sites for hydroxylation is 1. The van der Waals surface area contributed by atoms with Gasteiger partial charge in [-0.2, -0.15) is 9.61 Å². The Balaban J connectivity index is 1.61. The Kier molecular flexibility index (Phi) is 3.41. The van der Waals surface area contributed by atoms with Gasteiger partial charge in [-0.15, -0.1) is 11.3 Å². The molecule has 4 heterocycles. The predicted octanol–water partition coefficient (Wildman–Crippen LogP) is 3.47. The van der Waals surface area contributed by atoms with Crippen LogP contribution in [0, 0.1) is 5.92 Å². The molecule has 5 rings (SSSR count). The first-order valence-electron chi connectivity index (χ1n) is 8.56. The van der Waals surface area contributed by atoms with Crippen molar-refractivity contribution >= 4 is 33.1 Å². The molecule has 25 heavy (non-hydrogen) atoms. The third kappa shape index (κ3) is 2.46. The number of aromatic nitrogens is 5. The van der Waals surface area contributed by atoms with Crippen LogP contribution in [0.4, 0.5) is 5.95 Å². The normalized spacial score (nSPS) is 17.1. The van der Waals surface area contributed by atoms with E-state index in [-0.39, 0.29) is 0 Å². The molecule has 7 heteroatoms. The SMILES string of the molecule is C[C@H]1CCc2sc3nc(NCc4cccnc4)n4ncnc4c3c2C1. The third-order valence-electron chi connectivity index (χ3n) is 4.84. The number of nitrogens with one attached hydrogen (secondary N) is 1. The summed E-state index contributed by atoms with van der Waals surface area (Å²) in [7, 11) is 0. The molecule has 0 amide bonds. The van der Waals surface area contributed by atoms with Crippen molar-refractivity contribution in [1.29, 1.82) is 0 Å². The standard InChI is InChI=1S/C18H18N6S/c1-11-4-5-14-13(7-11)15-16-21-10-22-24(16)18(23-17(15)25-14)20-9-12-3-2-6-19-8-12/h2-3,6,8,10-11H,4-5,7,9H2,1H3,(H,20,23)/t11-/m0/s1. The van der Waals surface area contributed by atoms with E-state index >= 15 is 0 Å². The molecule has 1 N–H and O–H groups in total. The van der Waals surface area contributed by atoms with E-state index in [2.05, 4.69) is 27.3 Å². The summed E-state index contributed by atoms with van der Waals surface area (Å²) in [6.07, 6.45) is 8.77. The lowest BCUT2D eigenvalue weighted by Crippen LogP contribution is -2.10. The Morgan fingerprint density at radius 1 is 1.40 bits per heavy atom. The number of anilines is 1. The van der Waals surface area contributed by atoms with Crippen molar-refractivity contribution in [1.82, 2.24) is 24.6 Å². The van der Waals surface area contributed by atoms with Gasteiger partial charge in [-0.25, -0.2) is 9.97 Å². The van der Waals surface area contributed by atoms with Gasteiger partial charge in [-0.1, -0.05) is 13.0 Å². The lowest BCUT2D eigenvalue weighted by atomic mass is 9.89. The maximum Gasteiger partial charge on any atom is 0.227 e. The first kappa shape index (κ1) is 14.8. The molecular formula is C18H18N6S. The number of pyridine rings is 1. The zero-order valence-electron chi connectivity index (χ0n) is 13.9. The highest BCUT2D eigenvalue weighted by atomic mass is 32.1. The molecule has 1 aliphatic rings. The Labute approximate surface area is 149 Å². The Hall–Kier alpha value is -2.54. The van der Waals surface area contributed by atoms with Gasteiger partial charge in [0.15, 0.2) is 5.65 Å². The van der Waals surface area contributed by atoms with Crippen molar-refractivity contribution < 1.29 is 0 Å². The van der Waals surface area contributed by atoms with Crippen LogP contribution in [-0.2, 0) is 19.4 Å². The van der Waals surface area contributed by atoms with E-state index in [1.165, 1.54) is 22.2 Å². The molecule has 0 radical (unpaired) electrons. The van der Waals surface area contributed by atoms with Gasteiger partial charge in [0.25, 0.3) is 0 Å². The number of rotatable bonds is 3. The van der Waals surface area contributed by atoms with Crippen LogP contribution in [-0.4, -0.2) is 24.6 Å². The predicted molar refractivity (Wildman–Crippen MR) is 98.9 cm³/mol. The second-order valence-electron chi connectivity index (χ2n) is 6.68. The molecule has 1 aliphatic carbocycles. The van der Waals surface area contributed by atoms with Gasteiger partial charge in [-0.3, -0.25) is 4.98 Å². The van der Waals surface area contributed by atoms with Crippen LogP contribution in [0.25, 0.3) is 15.9 Å². The van der Waals surface area contributed by atoms with Crippen LogP contribution in [0.1, 0.15) is 29.3 Å². The summed E-state index contributed by atoms with van der Waals surface area (Å²) in [5.41, 5.74) is 3.45. The molecule has 126 valence electrons. The molecule has 0 bridgehead atoms. The fourth-order valence-corrected chi connectivity index (χ4v) is 4.77. The van der Waals surface area contributed by atoms with Crippen molar-refractivity contribution in [3.63, 3.8) is 0 Å². The van der Waals surface area contributed by atoms with Crippen molar-refractivity contribution in [3.05, 3.63) is 46.9 Å². The highest BCUT2D eigenvalue weighted by molar-refractivity contribution is 7.19. The summed E-state index contributed by atoms with van der Waals surface area (Å²) in [5.74, 6) is 1.45. The van der Waals surface area contributed by atoms with Crippen molar-refractivity contribution in [2.24, 2.45) is 5.92 Å². The highest BCUT2D eigenvalue weighted by Crippen LogP contribution is 2.39. The van der Waals surface area contributed by atoms with E-state index in [9.17, 15) is 0 Å². The maximum absolute atomic E-state index is 4.87. The minimum atomic E-state index is 0.656. The average Bonchev–Trinajstić information content (AvgIpc) is 3.24. The summed E-state index contributed by atoms with van der Waals surface area (Å²) in [6.45, 7) is 2.98. The number of thiophene rings is 1. The maximum atomic E-state index is 4.87. The molecule has 6 nitrogen and oxygen atoms in total. The molecular weight excluding hydrogens is 332 g/mol. The smallest absolute Gasteiger partial charge is 0.227 e. The topological polar surface area (TPSA) is 68.0 Å². The van der Waals surface area contributed by atoms with E-state index in [1.807, 2.05) is 34.2 Å². The van der Waals surface area contributed by atoms with Crippen molar-refractivity contribution in [2.75, 3.05) is 5.32 Å². The monoisotopic (exact) mass is 350 g/mol. The number of hydrogen-bond acceptors (Lipinski definition) is 6. The largest absolute Gasteiger partial charge is 0.350 e. The first-order valence-corrected chi connectivity index (χ1v) is 9.38. The number of nitrogens with zero attached hydrogens (tertiary/aromatic N) is 5. The minimum absolute atomic E-state index is 0.656. The fourth-order valence-electron chi connectivity index (χ4n) is 3.56. The fraction of sp³-hybridized carbons (Fsp3) is 0.333. The van der Waals surface area contributed by atoms with Crippen LogP contribution in [0.2, 0.25) is 0 Å². The molecule has 0 spiro atoms. The molecule has 1 atom stereocenters. The Morgan fingerprint density at radius 3 is 3.24 bits per heavy atom. The van der Waals surface area contributed by atoms with Gasteiger partial charge in [-0.05, 0) is 42.4 Å². The van der Waals surface area contributed by atoms with Crippen molar-refractivity contribution in [3.8, 4) is 0 Å². The van der Waals surface area contributed by atoms with Crippen LogP contribution in [0.3, 0.4) is 0 Å². The van der Waals surface area contributed by atoms with Crippen molar-refractivity contribution in [2.45, 2.75) is 32.7 Å². The molecule has 0 saturated heterocycles. The highest BCUT2D eigenvalue weighted by Gasteiger charge is 2.24. The van der Waals surface area contributed by atoms with Crippen LogP contribution >= 0.6 is 11.3 Å². The van der Waals surface area contributed by atoms with E-state index in [1.54, 1.807) is 12.5 Å². The summed E-state index contributed by atoms with van der Waals surface area (Å²) >= 11 is 1.81. The third-order valence-corrected chi connectivity index (χ3v) is 6.03.